The normalized spacial score (nSPS) is 12.9. The summed E-state index contributed by atoms with van der Waals surface area (Å²) in [5.41, 5.74) is 3.48. The van der Waals surface area contributed by atoms with E-state index in [-0.39, 0.29) is 16.6 Å². The summed E-state index contributed by atoms with van der Waals surface area (Å²) in [4.78, 5) is 29.8. The second-order valence-electron chi connectivity index (χ2n) is 9.08. The molecule has 1 saturated heterocycles. The van der Waals surface area contributed by atoms with Gasteiger partial charge in [-0.1, -0.05) is 29.8 Å². The largest absolute Gasteiger partial charge is 0.493 e. The molecule has 0 spiro atoms. The number of benzene rings is 3. The molecule has 0 unspecified atom stereocenters. The second kappa shape index (κ2) is 12.9. The molecule has 2 amide bonds. The lowest BCUT2D eigenvalue weighted by Gasteiger charge is -2.36. The van der Waals surface area contributed by atoms with Gasteiger partial charge < -0.3 is 29.3 Å². The average Bonchev–Trinajstić information content (AvgIpc) is 2.96. The highest BCUT2D eigenvalue weighted by Gasteiger charge is 2.24. The molecule has 0 radical (unpaired) electrons. The Morgan fingerprint density at radius 3 is 2.12 bits per heavy atom. The molecule has 1 heterocycles. The number of hydrogen-bond donors (Lipinski definition) is 2. The number of methoxy groups -OCH3 is 3. The fraction of sp³-hybridized carbons (Fsp3) is 0.276. The maximum Gasteiger partial charge on any atom is 0.257 e. The zero-order valence-corrected chi connectivity index (χ0v) is 24.3. The van der Waals surface area contributed by atoms with E-state index in [0.717, 1.165) is 16.8 Å². The summed E-state index contributed by atoms with van der Waals surface area (Å²) < 4.78 is 15.9. The molecule has 1 aliphatic heterocycles. The first-order valence-electron chi connectivity index (χ1n) is 12.6. The van der Waals surface area contributed by atoms with Crippen molar-refractivity contribution in [2.75, 3.05) is 57.7 Å². The van der Waals surface area contributed by atoms with E-state index >= 15 is 0 Å². The van der Waals surface area contributed by atoms with E-state index in [2.05, 4.69) is 15.5 Å². The van der Waals surface area contributed by atoms with Gasteiger partial charge in [-0.2, -0.15) is 0 Å². The number of hydrogen-bond acceptors (Lipinski definition) is 7. The third kappa shape index (κ3) is 6.40. The Morgan fingerprint density at radius 1 is 0.900 bits per heavy atom. The van der Waals surface area contributed by atoms with Crippen LogP contribution in [0.2, 0.25) is 5.02 Å². The number of thiocarbonyl (C=S) groups is 1. The van der Waals surface area contributed by atoms with Gasteiger partial charge in [0, 0.05) is 43.0 Å². The molecule has 0 bridgehead atoms. The summed E-state index contributed by atoms with van der Waals surface area (Å²) in [6.07, 6.45) is 0. The Morgan fingerprint density at radius 2 is 1.55 bits per heavy atom. The molecule has 9 nitrogen and oxygen atoms in total. The molecule has 2 N–H and O–H groups in total. The number of rotatable bonds is 7. The molecule has 3 aromatic carbocycles. The Hall–Kier alpha value is -4.02. The summed E-state index contributed by atoms with van der Waals surface area (Å²) in [5, 5.41) is 6.28. The third-order valence-corrected chi connectivity index (χ3v) is 7.15. The highest BCUT2D eigenvalue weighted by molar-refractivity contribution is 7.80. The van der Waals surface area contributed by atoms with Crippen molar-refractivity contribution in [3.63, 3.8) is 0 Å². The Bertz CT molecular complexity index is 1400. The van der Waals surface area contributed by atoms with Crippen LogP contribution in [0.4, 0.5) is 11.4 Å². The van der Waals surface area contributed by atoms with E-state index < -0.39 is 5.91 Å². The lowest BCUT2D eigenvalue weighted by Crippen LogP contribution is -2.49. The molecule has 11 heteroatoms. The first-order chi connectivity index (χ1) is 19.2. The van der Waals surface area contributed by atoms with E-state index in [9.17, 15) is 9.59 Å². The van der Waals surface area contributed by atoms with Crippen molar-refractivity contribution in [3.05, 3.63) is 76.3 Å². The number of piperazine rings is 1. The van der Waals surface area contributed by atoms with E-state index in [1.165, 1.54) is 21.3 Å². The van der Waals surface area contributed by atoms with Crippen LogP contribution in [0.1, 0.15) is 26.3 Å². The highest BCUT2D eigenvalue weighted by atomic mass is 35.5. The Kier molecular flexibility index (Phi) is 9.34. The van der Waals surface area contributed by atoms with Gasteiger partial charge in [-0.25, -0.2) is 0 Å². The molecule has 0 aliphatic carbocycles. The number of ether oxygens (including phenoxy) is 3. The first-order valence-corrected chi connectivity index (χ1v) is 13.4. The summed E-state index contributed by atoms with van der Waals surface area (Å²) >= 11 is 12.0. The molecule has 210 valence electrons. The number of anilines is 2. The lowest BCUT2D eigenvalue weighted by atomic mass is 10.1. The minimum Gasteiger partial charge on any atom is -0.493 e. The fourth-order valence-electron chi connectivity index (χ4n) is 4.52. The molecular weight excluding hydrogens is 552 g/mol. The Labute approximate surface area is 243 Å². The minimum atomic E-state index is -0.447. The molecule has 1 fully saturated rings. The topological polar surface area (TPSA) is 92.4 Å². The van der Waals surface area contributed by atoms with Gasteiger partial charge >= 0.3 is 0 Å². The molecule has 0 aromatic heterocycles. The standard InChI is InChI=1S/C29H31ClN4O5S/c1-18-7-5-6-8-21(18)28(36)34-13-11-33(12-14-34)23-10-9-20(17-22(23)30)31-29(40)32-27(35)19-15-24(37-2)26(39-4)25(16-19)38-3/h5-10,15-17H,11-14H2,1-4H3,(H2,31,32,35,40). The molecular formula is C29H31ClN4O5S. The molecule has 0 saturated carbocycles. The van der Waals surface area contributed by atoms with Gasteiger partial charge in [0.2, 0.25) is 5.75 Å². The van der Waals surface area contributed by atoms with Crippen LogP contribution in [-0.2, 0) is 0 Å². The molecule has 40 heavy (non-hydrogen) atoms. The van der Waals surface area contributed by atoms with Crippen molar-refractivity contribution in [2.45, 2.75) is 6.92 Å². The van der Waals surface area contributed by atoms with Crippen molar-refractivity contribution in [2.24, 2.45) is 0 Å². The smallest absolute Gasteiger partial charge is 0.257 e. The number of nitrogens with zero attached hydrogens (tertiary/aromatic N) is 2. The molecule has 3 aromatic rings. The van der Waals surface area contributed by atoms with Crippen LogP contribution in [0.3, 0.4) is 0 Å². The molecule has 0 atom stereocenters. The minimum absolute atomic E-state index is 0.0467. The van der Waals surface area contributed by atoms with Crippen LogP contribution in [0.15, 0.2) is 54.6 Å². The zero-order chi connectivity index (χ0) is 28.8. The van der Waals surface area contributed by atoms with Gasteiger partial charge in [-0.3, -0.25) is 14.9 Å². The molecule has 4 rings (SSSR count). The van der Waals surface area contributed by atoms with Crippen LogP contribution in [0, 0.1) is 6.92 Å². The second-order valence-corrected chi connectivity index (χ2v) is 9.90. The van der Waals surface area contributed by atoms with Crippen LogP contribution in [0.5, 0.6) is 17.2 Å². The number of carbonyl (C=O) groups excluding carboxylic acids is 2. The van der Waals surface area contributed by atoms with Crippen LogP contribution in [-0.4, -0.2) is 69.3 Å². The summed E-state index contributed by atoms with van der Waals surface area (Å²) in [5.74, 6) is 0.696. The quantitative estimate of drug-likeness (QED) is 0.385. The van der Waals surface area contributed by atoms with Crippen molar-refractivity contribution in [3.8, 4) is 17.2 Å². The van der Waals surface area contributed by atoms with Crippen molar-refractivity contribution < 1.29 is 23.8 Å². The van der Waals surface area contributed by atoms with E-state index in [1.54, 1.807) is 18.2 Å². The predicted molar refractivity (Wildman–Crippen MR) is 161 cm³/mol. The van der Waals surface area contributed by atoms with Gasteiger partial charge in [0.25, 0.3) is 11.8 Å². The predicted octanol–water partition coefficient (Wildman–Crippen LogP) is 4.76. The first kappa shape index (κ1) is 29.0. The highest BCUT2D eigenvalue weighted by Crippen LogP contribution is 2.38. The van der Waals surface area contributed by atoms with Gasteiger partial charge in [0.15, 0.2) is 16.6 Å². The number of carbonyl (C=O) groups is 2. The number of amides is 2. The van der Waals surface area contributed by atoms with Crippen LogP contribution in [0.25, 0.3) is 0 Å². The van der Waals surface area contributed by atoms with E-state index in [0.29, 0.717) is 54.1 Å². The zero-order valence-electron chi connectivity index (χ0n) is 22.7. The number of aryl methyl sites for hydroxylation is 1. The maximum absolute atomic E-state index is 13.0. The van der Waals surface area contributed by atoms with Crippen molar-refractivity contribution in [1.82, 2.24) is 10.2 Å². The lowest BCUT2D eigenvalue weighted by molar-refractivity contribution is 0.0746. The maximum atomic E-state index is 13.0. The van der Waals surface area contributed by atoms with E-state index in [1.807, 2.05) is 48.2 Å². The van der Waals surface area contributed by atoms with Gasteiger partial charge in [-0.05, 0) is 61.1 Å². The van der Waals surface area contributed by atoms with Crippen molar-refractivity contribution in [1.29, 1.82) is 0 Å². The monoisotopic (exact) mass is 582 g/mol. The summed E-state index contributed by atoms with van der Waals surface area (Å²) in [6.45, 7) is 4.46. The van der Waals surface area contributed by atoms with Gasteiger partial charge in [-0.15, -0.1) is 0 Å². The van der Waals surface area contributed by atoms with Crippen LogP contribution < -0.4 is 29.7 Å². The van der Waals surface area contributed by atoms with Crippen LogP contribution >= 0.6 is 23.8 Å². The third-order valence-electron chi connectivity index (χ3n) is 6.64. The SMILES string of the molecule is COc1cc(C(=O)NC(=S)Nc2ccc(N3CCN(C(=O)c4ccccc4C)CC3)c(Cl)c2)cc(OC)c1OC. The summed E-state index contributed by atoms with van der Waals surface area (Å²) in [7, 11) is 4.44. The van der Waals surface area contributed by atoms with Gasteiger partial charge in [0.1, 0.15) is 0 Å². The van der Waals surface area contributed by atoms with Crippen molar-refractivity contribution >= 4 is 52.1 Å². The number of nitrogens with one attached hydrogen (secondary N) is 2. The number of halogens is 1. The molecule has 1 aliphatic rings. The van der Waals surface area contributed by atoms with Gasteiger partial charge in [0.05, 0.1) is 32.0 Å². The van der Waals surface area contributed by atoms with E-state index in [4.69, 9.17) is 38.0 Å². The average molecular weight is 583 g/mol. The fourth-order valence-corrected chi connectivity index (χ4v) is 5.04. The Balaban J connectivity index is 1.36. The summed E-state index contributed by atoms with van der Waals surface area (Å²) in [6, 6.07) is 16.2.